The molecule has 1 aromatic rings. The van der Waals surface area contributed by atoms with E-state index in [-0.39, 0.29) is 6.03 Å². The molecule has 82 valence electrons. The number of nitrogens with one attached hydrogen (secondary N) is 2. The normalized spacial score (nSPS) is 9.67. The van der Waals surface area contributed by atoms with E-state index in [9.17, 15) is 4.79 Å². The topological polar surface area (TPSA) is 54.0 Å². The molecule has 0 aliphatic heterocycles. The average molecular weight is 225 g/mol. The fourth-order valence-electron chi connectivity index (χ4n) is 0.985. The first-order chi connectivity index (χ1) is 7.33. The van der Waals surface area contributed by atoms with Crippen LogP contribution in [0.3, 0.4) is 0 Å². The molecule has 0 spiro atoms. The van der Waals surface area contributed by atoms with E-state index >= 15 is 0 Å². The highest BCUT2D eigenvalue weighted by Crippen LogP contribution is 2.07. The summed E-state index contributed by atoms with van der Waals surface area (Å²) in [5.41, 5.74) is 1.07. The summed E-state index contributed by atoms with van der Waals surface area (Å²) in [5.74, 6) is 1.78. The standard InChI is InChI=1S/C10H15N3OS/c1-11-10(14)13-6-7-15-8-9-4-2-3-5-12-9/h2-5H,6-8H2,1H3,(H2,11,13,14). The number of carbonyl (C=O) groups is 1. The van der Waals surface area contributed by atoms with Gasteiger partial charge in [0.25, 0.3) is 0 Å². The van der Waals surface area contributed by atoms with Gasteiger partial charge in [-0.3, -0.25) is 4.98 Å². The number of pyridine rings is 1. The van der Waals surface area contributed by atoms with Crippen molar-refractivity contribution in [3.8, 4) is 0 Å². The van der Waals surface area contributed by atoms with Crippen molar-refractivity contribution in [2.45, 2.75) is 5.75 Å². The lowest BCUT2D eigenvalue weighted by molar-refractivity contribution is 0.243. The molecule has 2 amide bonds. The third-order valence-corrected chi connectivity index (χ3v) is 2.73. The van der Waals surface area contributed by atoms with Crippen LogP contribution in [0.1, 0.15) is 5.69 Å². The number of thioether (sulfide) groups is 1. The van der Waals surface area contributed by atoms with E-state index in [1.54, 1.807) is 25.0 Å². The number of nitrogens with zero attached hydrogens (tertiary/aromatic N) is 1. The van der Waals surface area contributed by atoms with Crippen LogP contribution in [0.15, 0.2) is 24.4 Å². The van der Waals surface area contributed by atoms with Crippen LogP contribution in [-0.2, 0) is 5.75 Å². The van der Waals surface area contributed by atoms with Gasteiger partial charge in [0.2, 0.25) is 0 Å². The monoisotopic (exact) mass is 225 g/mol. The number of urea groups is 1. The van der Waals surface area contributed by atoms with Gasteiger partial charge in [-0.15, -0.1) is 0 Å². The lowest BCUT2D eigenvalue weighted by Crippen LogP contribution is -2.34. The maximum Gasteiger partial charge on any atom is 0.314 e. The third kappa shape index (κ3) is 5.27. The Labute approximate surface area is 93.9 Å². The average Bonchev–Trinajstić information content (AvgIpc) is 2.29. The van der Waals surface area contributed by atoms with Crippen molar-refractivity contribution in [2.24, 2.45) is 0 Å². The number of hydrogen-bond acceptors (Lipinski definition) is 3. The molecule has 0 saturated carbocycles. The summed E-state index contributed by atoms with van der Waals surface area (Å²) in [5, 5.41) is 5.23. The molecule has 1 rings (SSSR count). The Morgan fingerprint density at radius 1 is 1.53 bits per heavy atom. The fourth-order valence-corrected chi connectivity index (χ4v) is 1.76. The lowest BCUT2D eigenvalue weighted by Gasteiger charge is -2.03. The van der Waals surface area contributed by atoms with Crippen LogP contribution in [0.5, 0.6) is 0 Å². The highest BCUT2D eigenvalue weighted by Gasteiger charge is 1.96. The predicted octanol–water partition coefficient (Wildman–Crippen LogP) is 1.24. The van der Waals surface area contributed by atoms with Gasteiger partial charge in [0.05, 0.1) is 5.69 Å². The van der Waals surface area contributed by atoms with E-state index in [0.29, 0.717) is 6.54 Å². The van der Waals surface area contributed by atoms with Crippen LogP contribution >= 0.6 is 11.8 Å². The minimum Gasteiger partial charge on any atom is -0.341 e. The van der Waals surface area contributed by atoms with Crippen molar-refractivity contribution in [1.29, 1.82) is 0 Å². The van der Waals surface area contributed by atoms with E-state index in [1.165, 1.54) is 0 Å². The van der Waals surface area contributed by atoms with Gasteiger partial charge in [0, 0.05) is 31.3 Å². The number of carbonyl (C=O) groups excluding carboxylic acids is 1. The largest absolute Gasteiger partial charge is 0.341 e. The quantitative estimate of drug-likeness (QED) is 0.741. The summed E-state index contributed by atoms with van der Waals surface area (Å²) in [4.78, 5) is 15.0. The molecule has 2 N–H and O–H groups in total. The zero-order chi connectivity index (χ0) is 10.9. The Bertz CT molecular complexity index is 292. The van der Waals surface area contributed by atoms with E-state index in [2.05, 4.69) is 15.6 Å². The van der Waals surface area contributed by atoms with E-state index < -0.39 is 0 Å². The van der Waals surface area contributed by atoms with Crippen molar-refractivity contribution in [3.05, 3.63) is 30.1 Å². The fraction of sp³-hybridized carbons (Fsp3) is 0.400. The number of hydrogen-bond donors (Lipinski definition) is 2. The van der Waals surface area contributed by atoms with Crippen molar-refractivity contribution in [1.82, 2.24) is 15.6 Å². The minimum absolute atomic E-state index is 0.131. The molecule has 0 bridgehead atoms. The van der Waals surface area contributed by atoms with Gasteiger partial charge in [0.1, 0.15) is 0 Å². The van der Waals surface area contributed by atoms with Crippen LogP contribution in [-0.4, -0.2) is 30.4 Å². The van der Waals surface area contributed by atoms with Crippen LogP contribution in [0, 0.1) is 0 Å². The maximum atomic E-state index is 10.8. The zero-order valence-electron chi connectivity index (χ0n) is 8.69. The Morgan fingerprint density at radius 3 is 3.07 bits per heavy atom. The van der Waals surface area contributed by atoms with Crippen molar-refractivity contribution in [2.75, 3.05) is 19.3 Å². The molecule has 15 heavy (non-hydrogen) atoms. The van der Waals surface area contributed by atoms with E-state index in [0.717, 1.165) is 17.2 Å². The summed E-state index contributed by atoms with van der Waals surface area (Å²) >= 11 is 1.75. The van der Waals surface area contributed by atoms with Gasteiger partial charge < -0.3 is 10.6 Å². The van der Waals surface area contributed by atoms with Crippen LogP contribution in [0.25, 0.3) is 0 Å². The van der Waals surface area contributed by atoms with Gasteiger partial charge in [-0.1, -0.05) is 6.07 Å². The molecule has 0 aliphatic carbocycles. The number of aromatic nitrogens is 1. The second-order valence-corrected chi connectivity index (χ2v) is 3.98. The summed E-state index contributed by atoms with van der Waals surface area (Å²) < 4.78 is 0. The van der Waals surface area contributed by atoms with Gasteiger partial charge in [-0.25, -0.2) is 4.79 Å². The molecule has 1 aromatic heterocycles. The maximum absolute atomic E-state index is 10.8. The summed E-state index contributed by atoms with van der Waals surface area (Å²) in [6.45, 7) is 0.678. The molecule has 0 fully saturated rings. The van der Waals surface area contributed by atoms with Gasteiger partial charge >= 0.3 is 6.03 Å². The van der Waals surface area contributed by atoms with Crippen LogP contribution in [0.2, 0.25) is 0 Å². The van der Waals surface area contributed by atoms with Gasteiger partial charge in [-0.05, 0) is 12.1 Å². The second-order valence-electron chi connectivity index (χ2n) is 2.88. The Hall–Kier alpha value is -1.23. The molecule has 0 radical (unpaired) electrons. The second kappa shape index (κ2) is 7.11. The zero-order valence-corrected chi connectivity index (χ0v) is 9.51. The number of rotatable bonds is 5. The number of amides is 2. The third-order valence-electron chi connectivity index (χ3n) is 1.74. The molecular formula is C10H15N3OS. The molecule has 0 atom stereocenters. The van der Waals surface area contributed by atoms with E-state index in [4.69, 9.17) is 0 Å². The first-order valence-corrected chi connectivity index (χ1v) is 5.91. The highest BCUT2D eigenvalue weighted by molar-refractivity contribution is 7.98. The molecule has 5 heteroatoms. The first kappa shape index (κ1) is 11.8. The molecule has 0 unspecified atom stereocenters. The van der Waals surface area contributed by atoms with Gasteiger partial charge in [0.15, 0.2) is 0 Å². The Kier molecular flexibility index (Phi) is 5.62. The summed E-state index contributed by atoms with van der Waals surface area (Å²) in [7, 11) is 1.61. The van der Waals surface area contributed by atoms with Crippen LogP contribution < -0.4 is 10.6 Å². The molecule has 0 aliphatic rings. The molecular weight excluding hydrogens is 210 g/mol. The van der Waals surface area contributed by atoms with Crippen molar-refractivity contribution >= 4 is 17.8 Å². The van der Waals surface area contributed by atoms with Crippen LogP contribution in [0.4, 0.5) is 4.79 Å². The predicted molar refractivity (Wildman–Crippen MR) is 62.9 cm³/mol. The summed E-state index contributed by atoms with van der Waals surface area (Å²) in [6, 6.07) is 5.75. The Balaban J connectivity index is 2.05. The highest BCUT2D eigenvalue weighted by atomic mass is 32.2. The SMILES string of the molecule is CNC(=O)NCCSCc1ccccn1. The smallest absolute Gasteiger partial charge is 0.314 e. The van der Waals surface area contributed by atoms with Crippen molar-refractivity contribution in [3.63, 3.8) is 0 Å². The Morgan fingerprint density at radius 2 is 2.40 bits per heavy atom. The molecule has 0 saturated heterocycles. The molecule has 1 heterocycles. The first-order valence-electron chi connectivity index (χ1n) is 4.76. The lowest BCUT2D eigenvalue weighted by atomic mass is 10.4. The summed E-state index contributed by atoms with van der Waals surface area (Å²) in [6.07, 6.45) is 1.79. The van der Waals surface area contributed by atoms with Gasteiger partial charge in [-0.2, -0.15) is 11.8 Å². The minimum atomic E-state index is -0.131. The molecule has 0 aromatic carbocycles. The van der Waals surface area contributed by atoms with E-state index in [1.807, 2.05) is 18.2 Å². The van der Waals surface area contributed by atoms with Crippen molar-refractivity contribution < 1.29 is 4.79 Å². The molecule has 4 nitrogen and oxygen atoms in total.